The molecule has 1 fully saturated rings. The standard InChI is InChI=1S/C25H25FN2O3S/c26-18-9-7-17(8-10-18)22(30)13-12-21-24(20-11-6-16(15-29)14-23(20)31)28(25(32)27-21)19-4-2-1-3-5-19/h1-11,14,21-22,24,29-31H,12-13,15H2,(H,27,32)/t21-,22?,24+/m0/s1. The van der Waals surface area contributed by atoms with Crippen LogP contribution in [-0.2, 0) is 6.61 Å². The van der Waals surface area contributed by atoms with E-state index in [2.05, 4.69) is 5.32 Å². The van der Waals surface area contributed by atoms with Gasteiger partial charge in [-0.2, -0.15) is 0 Å². The van der Waals surface area contributed by atoms with Crippen molar-refractivity contribution in [3.05, 3.63) is 95.3 Å². The number of rotatable bonds is 7. The minimum absolute atomic E-state index is 0.0815. The molecular weight excluding hydrogens is 427 g/mol. The fourth-order valence-electron chi connectivity index (χ4n) is 4.19. The van der Waals surface area contributed by atoms with Crippen LogP contribution in [0.4, 0.5) is 10.1 Å². The number of thiocarbonyl (C=S) groups is 1. The minimum Gasteiger partial charge on any atom is -0.508 e. The molecule has 0 amide bonds. The molecule has 1 saturated heterocycles. The van der Waals surface area contributed by atoms with Gasteiger partial charge in [0, 0.05) is 11.3 Å². The lowest BCUT2D eigenvalue weighted by atomic mass is 9.92. The van der Waals surface area contributed by atoms with Gasteiger partial charge in [0.1, 0.15) is 11.6 Å². The van der Waals surface area contributed by atoms with E-state index in [0.29, 0.717) is 34.6 Å². The molecule has 1 aliphatic heterocycles. The zero-order valence-corrected chi connectivity index (χ0v) is 18.2. The van der Waals surface area contributed by atoms with E-state index in [1.54, 1.807) is 30.3 Å². The number of aromatic hydroxyl groups is 1. The molecule has 3 aromatic carbocycles. The first-order valence-corrected chi connectivity index (χ1v) is 10.9. The van der Waals surface area contributed by atoms with Crippen LogP contribution in [0.2, 0.25) is 0 Å². The average molecular weight is 453 g/mol. The lowest BCUT2D eigenvalue weighted by Gasteiger charge is -2.29. The van der Waals surface area contributed by atoms with Crippen LogP contribution < -0.4 is 10.2 Å². The molecule has 1 unspecified atom stereocenters. The zero-order valence-electron chi connectivity index (χ0n) is 17.4. The number of hydrogen-bond donors (Lipinski definition) is 4. The molecule has 7 heteroatoms. The second kappa shape index (κ2) is 9.65. The second-order valence-electron chi connectivity index (χ2n) is 7.90. The highest BCUT2D eigenvalue weighted by atomic mass is 32.1. The highest BCUT2D eigenvalue weighted by Gasteiger charge is 2.40. The molecule has 1 heterocycles. The van der Waals surface area contributed by atoms with Crippen LogP contribution in [0.1, 0.15) is 41.7 Å². The molecule has 5 nitrogen and oxygen atoms in total. The summed E-state index contributed by atoms with van der Waals surface area (Å²) >= 11 is 5.65. The number of nitrogens with zero attached hydrogens (tertiary/aromatic N) is 1. The molecule has 3 aromatic rings. The van der Waals surface area contributed by atoms with Gasteiger partial charge in [0.25, 0.3) is 0 Å². The van der Waals surface area contributed by atoms with Gasteiger partial charge in [0.05, 0.1) is 24.8 Å². The van der Waals surface area contributed by atoms with E-state index in [4.69, 9.17) is 12.2 Å². The van der Waals surface area contributed by atoms with Crippen molar-refractivity contribution in [1.29, 1.82) is 0 Å². The van der Waals surface area contributed by atoms with Crippen molar-refractivity contribution in [3.8, 4) is 5.75 Å². The second-order valence-corrected chi connectivity index (χ2v) is 8.29. The maximum absolute atomic E-state index is 13.2. The molecule has 32 heavy (non-hydrogen) atoms. The molecule has 0 aromatic heterocycles. The molecule has 4 N–H and O–H groups in total. The van der Waals surface area contributed by atoms with E-state index in [1.165, 1.54) is 12.1 Å². The number of para-hydroxylation sites is 1. The van der Waals surface area contributed by atoms with E-state index in [0.717, 1.165) is 5.69 Å². The maximum atomic E-state index is 13.2. The molecule has 1 aliphatic rings. The van der Waals surface area contributed by atoms with Gasteiger partial charge in [-0.25, -0.2) is 4.39 Å². The molecule has 0 radical (unpaired) electrons. The van der Waals surface area contributed by atoms with Crippen LogP contribution in [0.5, 0.6) is 5.75 Å². The normalized spacial score (nSPS) is 19.1. The third kappa shape index (κ3) is 4.60. The molecule has 166 valence electrons. The lowest BCUT2D eigenvalue weighted by molar-refractivity contribution is 0.159. The van der Waals surface area contributed by atoms with E-state index in [-0.39, 0.29) is 30.3 Å². The fourth-order valence-corrected chi connectivity index (χ4v) is 4.56. The van der Waals surface area contributed by atoms with Crippen molar-refractivity contribution >= 4 is 23.0 Å². The van der Waals surface area contributed by atoms with Crippen molar-refractivity contribution in [2.75, 3.05) is 4.90 Å². The van der Waals surface area contributed by atoms with Gasteiger partial charge in [-0.3, -0.25) is 0 Å². The largest absolute Gasteiger partial charge is 0.508 e. The molecule has 0 spiro atoms. The Hall–Kier alpha value is -3.00. The SMILES string of the molecule is OCc1ccc([C@@H]2[C@H](CCC(O)c3ccc(F)cc3)NC(=S)N2c2ccccc2)c(O)c1. The van der Waals surface area contributed by atoms with Crippen LogP contribution in [0, 0.1) is 5.82 Å². The Kier molecular flexibility index (Phi) is 6.69. The summed E-state index contributed by atoms with van der Waals surface area (Å²) in [4.78, 5) is 1.97. The molecular formula is C25H25FN2O3S. The van der Waals surface area contributed by atoms with Crippen molar-refractivity contribution in [1.82, 2.24) is 5.32 Å². The van der Waals surface area contributed by atoms with E-state index in [9.17, 15) is 19.7 Å². The van der Waals surface area contributed by atoms with Gasteiger partial charge in [0.15, 0.2) is 5.11 Å². The fraction of sp³-hybridized carbons (Fsp3) is 0.240. The van der Waals surface area contributed by atoms with E-state index >= 15 is 0 Å². The number of aliphatic hydroxyl groups excluding tert-OH is 2. The highest BCUT2D eigenvalue weighted by molar-refractivity contribution is 7.80. The van der Waals surface area contributed by atoms with Gasteiger partial charge in [-0.1, -0.05) is 42.5 Å². The first kappa shape index (κ1) is 22.2. The van der Waals surface area contributed by atoms with Crippen LogP contribution in [-0.4, -0.2) is 26.5 Å². The maximum Gasteiger partial charge on any atom is 0.174 e. The molecule has 4 rings (SSSR count). The van der Waals surface area contributed by atoms with Crippen molar-refractivity contribution in [2.45, 2.75) is 37.6 Å². The summed E-state index contributed by atoms with van der Waals surface area (Å²) in [7, 11) is 0. The molecule has 0 bridgehead atoms. The summed E-state index contributed by atoms with van der Waals surface area (Å²) in [6, 6.07) is 20.2. The smallest absolute Gasteiger partial charge is 0.174 e. The third-order valence-corrected chi connectivity index (χ3v) is 6.14. The Balaban J connectivity index is 1.63. The molecule has 3 atom stereocenters. The quantitative estimate of drug-likeness (QED) is 0.400. The number of benzene rings is 3. The molecule has 0 saturated carbocycles. The molecule has 0 aliphatic carbocycles. The van der Waals surface area contributed by atoms with E-state index in [1.807, 2.05) is 35.2 Å². The third-order valence-electron chi connectivity index (χ3n) is 5.82. The van der Waals surface area contributed by atoms with Gasteiger partial charge in [-0.05, 0) is 66.5 Å². The minimum atomic E-state index is -0.747. The first-order chi connectivity index (χ1) is 15.5. The summed E-state index contributed by atoms with van der Waals surface area (Å²) in [5.41, 5.74) is 2.84. The summed E-state index contributed by atoms with van der Waals surface area (Å²) < 4.78 is 13.2. The number of phenolic OH excluding ortho intramolecular Hbond substituents is 1. The van der Waals surface area contributed by atoms with Crippen LogP contribution in [0.25, 0.3) is 0 Å². The van der Waals surface area contributed by atoms with Crippen LogP contribution in [0.3, 0.4) is 0 Å². The Morgan fingerprint density at radius 2 is 1.75 bits per heavy atom. The predicted octanol–water partition coefficient (Wildman–Crippen LogP) is 4.34. The Labute approximate surface area is 191 Å². The summed E-state index contributed by atoms with van der Waals surface area (Å²) in [6.07, 6.45) is 0.247. The van der Waals surface area contributed by atoms with Crippen molar-refractivity contribution in [2.24, 2.45) is 0 Å². The number of phenols is 1. The summed E-state index contributed by atoms with van der Waals surface area (Å²) in [6.45, 7) is -0.162. The number of anilines is 1. The Bertz CT molecular complexity index is 1080. The van der Waals surface area contributed by atoms with E-state index < -0.39 is 6.10 Å². The van der Waals surface area contributed by atoms with Gasteiger partial charge in [-0.15, -0.1) is 0 Å². The Morgan fingerprint density at radius 1 is 1.03 bits per heavy atom. The van der Waals surface area contributed by atoms with Gasteiger partial charge in [0.2, 0.25) is 0 Å². The summed E-state index contributed by atoms with van der Waals surface area (Å²) in [5, 5.41) is 34.7. The van der Waals surface area contributed by atoms with Crippen LogP contribution >= 0.6 is 12.2 Å². The van der Waals surface area contributed by atoms with Crippen molar-refractivity contribution in [3.63, 3.8) is 0 Å². The average Bonchev–Trinajstić information content (AvgIpc) is 3.14. The van der Waals surface area contributed by atoms with Crippen LogP contribution in [0.15, 0.2) is 72.8 Å². The van der Waals surface area contributed by atoms with Gasteiger partial charge < -0.3 is 25.5 Å². The van der Waals surface area contributed by atoms with Crippen molar-refractivity contribution < 1.29 is 19.7 Å². The number of halogens is 1. The summed E-state index contributed by atoms with van der Waals surface area (Å²) in [5.74, 6) is -0.262. The lowest BCUT2D eigenvalue weighted by Crippen LogP contribution is -2.29. The monoisotopic (exact) mass is 452 g/mol. The number of hydrogen-bond acceptors (Lipinski definition) is 4. The topological polar surface area (TPSA) is 76.0 Å². The Morgan fingerprint density at radius 3 is 2.41 bits per heavy atom. The first-order valence-electron chi connectivity index (χ1n) is 10.5. The number of nitrogens with one attached hydrogen (secondary N) is 1. The highest BCUT2D eigenvalue weighted by Crippen LogP contribution is 2.40. The van der Waals surface area contributed by atoms with Gasteiger partial charge >= 0.3 is 0 Å². The zero-order chi connectivity index (χ0) is 22.7. The predicted molar refractivity (Wildman–Crippen MR) is 126 cm³/mol. The number of aliphatic hydroxyl groups is 2.